The van der Waals surface area contributed by atoms with E-state index >= 15 is 0 Å². The molecule has 0 saturated heterocycles. The van der Waals surface area contributed by atoms with Gasteiger partial charge in [-0.05, 0) is 62.2 Å². The van der Waals surface area contributed by atoms with Gasteiger partial charge in [0.25, 0.3) is 10.0 Å². The summed E-state index contributed by atoms with van der Waals surface area (Å²) in [6.07, 6.45) is 0.0298. The van der Waals surface area contributed by atoms with Gasteiger partial charge >= 0.3 is 0 Å². The van der Waals surface area contributed by atoms with Gasteiger partial charge in [-0.1, -0.05) is 47.5 Å². The second-order valence-electron chi connectivity index (χ2n) is 8.06. The molecule has 0 fully saturated rings. The standard InChI is InChI=1S/C26H30N2O4S/c1-19-5-8-22(9-6-19)18-27-26(29)15-16-28(23-10-12-24(32-4)13-11-23)33(30,31)25-14-7-20(2)17-21(25)3/h5-14,17H,15-16,18H2,1-4H3,(H,27,29). The van der Waals surface area contributed by atoms with Gasteiger partial charge in [0.2, 0.25) is 5.91 Å². The number of aryl methyl sites for hydroxylation is 3. The van der Waals surface area contributed by atoms with Gasteiger partial charge in [0.05, 0.1) is 17.7 Å². The van der Waals surface area contributed by atoms with Crippen LogP contribution in [0.4, 0.5) is 5.69 Å². The van der Waals surface area contributed by atoms with Crippen LogP contribution in [0.15, 0.2) is 71.6 Å². The average Bonchev–Trinajstić information content (AvgIpc) is 2.79. The minimum atomic E-state index is -3.88. The number of carbonyl (C=O) groups is 1. The minimum Gasteiger partial charge on any atom is -0.497 e. The molecular weight excluding hydrogens is 436 g/mol. The van der Waals surface area contributed by atoms with Crippen LogP contribution in [-0.4, -0.2) is 28.0 Å². The number of hydrogen-bond donors (Lipinski definition) is 1. The number of sulfonamides is 1. The van der Waals surface area contributed by atoms with Crippen molar-refractivity contribution in [3.63, 3.8) is 0 Å². The van der Waals surface area contributed by atoms with Crippen LogP contribution in [0.25, 0.3) is 0 Å². The molecule has 0 aromatic heterocycles. The van der Waals surface area contributed by atoms with Gasteiger partial charge in [-0.25, -0.2) is 8.42 Å². The third-order valence-corrected chi connectivity index (χ3v) is 7.40. The molecule has 0 atom stereocenters. The highest BCUT2D eigenvalue weighted by molar-refractivity contribution is 7.92. The topological polar surface area (TPSA) is 75.7 Å². The number of hydrogen-bond acceptors (Lipinski definition) is 4. The van der Waals surface area contributed by atoms with Crippen molar-refractivity contribution < 1.29 is 17.9 Å². The summed E-state index contributed by atoms with van der Waals surface area (Å²) in [5.41, 5.74) is 4.26. The van der Waals surface area contributed by atoms with Crippen molar-refractivity contribution in [1.82, 2.24) is 5.32 Å². The van der Waals surface area contributed by atoms with Crippen LogP contribution in [0.5, 0.6) is 5.75 Å². The van der Waals surface area contributed by atoms with Crippen molar-refractivity contribution >= 4 is 21.6 Å². The van der Waals surface area contributed by atoms with E-state index in [0.717, 1.165) is 16.7 Å². The number of nitrogens with one attached hydrogen (secondary N) is 1. The number of carbonyl (C=O) groups excluding carboxylic acids is 1. The van der Waals surface area contributed by atoms with Crippen molar-refractivity contribution in [3.8, 4) is 5.75 Å². The molecule has 0 aliphatic rings. The quantitative estimate of drug-likeness (QED) is 0.503. The van der Waals surface area contributed by atoms with Crippen molar-refractivity contribution in [2.75, 3.05) is 18.0 Å². The van der Waals surface area contributed by atoms with Gasteiger partial charge in [-0.15, -0.1) is 0 Å². The zero-order valence-corrected chi connectivity index (χ0v) is 20.3. The molecule has 7 heteroatoms. The van der Waals surface area contributed by atoms with E-state index in [1.807, 2.05) is 44.2 Å². The Hall–Kier alpha value is -3.32. The molecule has 0 aliphatic heterocycles. The molecule has 3 aromatic rings. The first kappa shape index (κ1) is 24.3. The summed E-state index contributed by atoms with van der Waals surface area (Å²) in [6, 6.07) is 19.9. The van der Waals surface area contributed by atoms with Crippen LogP contribution in [0.1, 0.15) is 28.7 Å². The zero-order valence-electron chi connectivity index (χ0n) is 19.5. The van der Waals surface area contributed by atoms with E-state index in [9.17, 15) is 13.2 Å². The summed E-state index contributed by atoms with van der Waals surface area (Å²) >= 11 is 0. The van der Waals surface area contributed by atoms with Gasteiger partial charge in [0, 0.05) is 19.5 Å². The maximum absolute atomic E-state index is 13.6. The molecule has 0 aliphatic carbocycles. The number of methoxy groups -OCH3 is 1. The van der Waals surface area contributed by atoms with Gasteiger partial charge in [0.1, 0.15) is 5.75 Å². The second kappa shape index (κ2) is 10.5. The van der Waals surface area contributed by atoms with E-state index in [-0.39, 0.29) is 23.8 Å². The molecule has 3 rings (SSSR count). The third-order valence-electron chi connectivity index (χ3n) is 5.41. The summed E-state index contributed by atoms with van der Waals surface area (Å²) in [7, 11) is -2.32. The smallest absolute Gasteiger partial charge is 0.264 e. The highest BCUT2D eigenvalue weighted by Crippen LogP contribution is 2.28. The lowest BCUT2D eigenvalue weighted by Crippen LogP contribution is -2.35. The average molecular weight is 467 g/mol. The maximum Gasteiger partial charge on any atom is 0.264 e. The molecule has 0 heterocycles. The molecule has 1 amide bonds. The normalized spacial score (nSPS) is 11.2. The molecular formula is C26H30N2O4S. The molecule has 0 unspecified atom stereocenters. The summed E-state index contributed by atoms with van der Waals surface area (Å²) in [5.74, 6) is 0.406. The summed E-state index contributed by atoms with van der Waals surface area (Å²) in [4.78, 5) is 12.8. The number of amides is 1. The number of anilines is 1. The molecule has 3 aromatic carbocycles. The van der Waals surface area contributed by atoms with Crippen molar-refractivity contribution in [2.45, 2.75) is 38.6 Å². The second-order valence-corrected chi connectivity index (χ2v) is 9.89. The number of benzene rings is 3. The monoisotopic (exact) mass is 466 g/mol. The fourth-order valence-electron chi connectivity index (χ4n) is 3.54. The lowest BCUT2D eigenvalue weighted by atomic mass is 10.1. The largest absolute Gasteiger partial charge is 0.497 e. The lowest BCUT2D eigenvalue weighted by Gasteiger charge is -2.25. The molecule has 33 heavy (non-hydrogen) atoms. The number of rotatable bonds is 9. The Morgan fingerprint density at radius 3 is 2.15 bits per heavy atom. The van der Waals surface area contributed by atoms with E-state index in [0.29, 0.717) is 23.5 Å². The van der Waals surface area contributed by atoms with Crippen LogP contribution in [0.2, 0.25) is 0 Å². The summed E-state index contributed by atoms with van der Waals surface area (Å²) < 4.78 is 33.7. The van der Waals surface area contributed by atoms with E-state index in [4.69, 9.17) is 4.74 Å². The fraction of sp³-hybridized carbons (Fsp3) is 0.269. The Morgan fingerprint density at radius 2 is 1.55 bits per heavy atom. The number of nitrogens with zero attached hydrogens (tertiary/aromatic N) is 1. The third kappa shape index (κ3) is 6.14. The SMILES string of the molecule is COc1ccc(N(CCC(=O)NCc2ccc(C)cc2)S(=O)(=O)c2ccc(C)cc2C)cc1. The Bertz CT molecular complexity index is 1200. The Labute approximate surface area is 196 Å². The van der Waals surface area contributed by atoms with Crippen LogP contribution in [0, 0.1) is 20.8 Å². The lowest BCUT2D eigenvalue weighted by molar-refractivity contribution is -0.121. The predicted molar refractivity (Wildman–Crippen MR) is 131 cm³/mol. The van der Waals surface area contributed by atoms with Crippen LogP contribution in [0.3, 0.4) is 0 Å². The molecule has 1 N–H and O–H groups in total. The Kier molecular flexibility index (Phi) is 7.76. The first-order chi connectivity index (χ1) is 15.7. The van der Waals surface area contributed by atoms with Crippen LogP contribution in [-0.2, 0) is 21.4 Å². The molecule has 0 spiro atoms. The fourth-order valence-corrected chi connectivity index (χ4v) is 5.22. The van der Waals surface area contributed by atoms with E-state index in [2.05, 4.69) is 5.32 Å². The Balaban J connectivity index is 1.81. The van der Waals surface area contributed by atoms with Gasteiger partial charge < -0.3 is 10.1 Å². The molecule has 6 nitrogen and oxygen atoms in total. The predicted octanol–water partition coefficient (Wildman–Crippen LogP) is 4.52. The maximum atomic E-state index is 13.6. The van der Waals surface area contributed by atoms with Gasteiger partial charge in [-0.2, -0.15) is 0 Å². The van der Waals surface area contributed by atoms with Gasteiger partial charge in [0.15, 0.2) is 0 Å². The molecule has 174 valence electrons. The highest BCUT2D eigenvalue weighted by Gasteiger charge is 2.27. The van der Waals surface area contributed by atoms with Crippen molar-refractivity contribution in [1.29, 1.82) is 0 Å². The summed E-state index contributed by atoms with van der Waals surface area (Å²) in [6.45, 7) is 6.11. The minimum absolute atomic E-state index is 0.0156. The summed E-state index contributed by atoms with van der Waals surface area (Å²) in [5, 5.41) is 2.87. The molecule has 0 saturated carbocycles. The molecule has 0 radical (unpaired) electrons. The number of ether oxygens (including phenoxy) is 1. The van der Waals surface area contributed by atoms with E-state index in [1.54, 1.807) is 50.4 Å². The van der Waals surface area contributed by atoms with E-state index < -0.39 is 10.0 Å². The molecule has 0 bridgehead atoms. The van der Waals surface area contributed by atoms with Gasteiger partial charge in [-0.3, -0.25) is 9.10 Å². The van der Waals surface area contributed by atoms with E-state index in [1.165, 1.54) is 4.31 Å². The highest BCUT2D eigenvalue weighted by atomic mass is 32.2. The van der Waals surface area contributed by atoms with Crippen LogP contribution >= 0.6 is 0 Å². The Morgan fingerprint density at radius 1 is 0.909 bits per heavy atom. The van der Waals surface area contributed by atoms with Crippen molar-refractivity contribution in [2.24, 2.45) is 0 Å². The van der Waals surface area contributed by atoms with Crippen LogP contribution < -0.4 is 14.4 Å². The first-order valence-electron chi connectivity index (χ1n) is 10.8. The van der Waals surface area contributed by atoms with Crippen molar-refractivity contribution in [3.05, 3.63) is 89.0 Å². The zero-order chi connectivity index (χ0) is 24.0. The first-order valence-corrected chi connectivity index (χ1v) is 12.2.